The zero-order valence-corrected chi connectivity index (χ0v) is 18.0. The van der Waals surface area contributed by atoms with Gasteiger partial charge in [-0.1, -0.05) is 44.0 Å². The van der Waals surface area contributed by atoms with Gasteiger partial charge in [-0.15, -0.1) is 0 Å². The molecule has 1 heterocycles. The van der Waals surface area contributed by atoms with Crippen molar-refractivity contribution in [1.29, 1.82) is 0 Å². The van der Waals surface area contributed by atoms with Gasteiger partial charge in [0.25, 0.3) is 11.5 Å². The minimum Gasteiger partial charge on any atom is -0.345 e. The van der Waals surface area contributed by atoms with Gasteiger partial charge in [0.05, 0.1) is 11.6 Å². The number of pyridine rings is 1. The van der Waals surface area contributed by atoms with Crippen LogP contribution in [0.5, 0.6) is 0 Å². The summed E-state index contributed by atoms with van der Waals surface area (Å²) in [5, 5.41) is 3.24. The SMILES string of the molecule is CCCn1c(C)c(C(=O)N[C@H](c2cccc(F)c2)C2CCC2)c(CC)c(Cl)c1=O. The molecular weight excluding hydrogens is 391 g/mol. The Balaban J connectivity index is 2.03. The van der Waals surface area contributed by atoms with Crippen molar-refractivity contribution in [3.05, 3.63) is 67.8 Å². The van der Waals surface area contributed by atoms with Gasteiger partial charge in [0, 0.05) is 12.2 Å². The monoisotopic (exact) mass is 418 g/mol. The standard InChI is InChI=1S/C23H28ClFN2O2/c1-4-12-27-14(3)19(18(5-2)20(24)23(27)29)22(28)26-21(15-8-6-9-15)16-10-7-11-17(25)13-16/h7,10-11,13,15,21H,4-6,8-9,12H2,1-3H3,(H,26,28)/t21-/m0/s1. The van der Waals surface area contributed by atoms with Crippen LogP contribution >= 0.6 is 11.6 Å². The van der Waals surface area contributed by atoms with Gasteiger partial charge in [0.1, 0.15) is 10.8 Å². The van der Waals surface area contributed by atoms with Crippen molar-refractivity contribution in [2.24, 2.45) is 5.92 Å². The van der Waals surface area contributed by atoms with E-state index >= 15 is 0 Å². The summed E-state index contributed by atoms with van der Waals surface area (Å²) in [5.41, 5.74) is 2.19. The molecule has 4 nitrogen and oxygen atoms in total. The molecule has 0 unspecified atom stereocenters. The lowest BCUT2D eigenvalue weighted by Crippen LogP contribution is -2.38. The Morgan fingerprint density at radius 3 is 2.62 bits per heavy atom. The topological polar surface area (TPSA) is 51.1 Å². The highest BCUT2D eigenvalue weighted by molar-refractivity contribution is 6.31. The van der Waals surface area contributed by atoms with Crippen LogP contribution in [0.3, 0.4) is 0 Å². The zero-order chi connectivity index (χ0) is 21.1. The van der Waals surface area contributed by atoms with Crippen LogP contribution in [0, 0.1) is 18.7 Å². The first-order valence-corrected chi connectivity index (χ1v) is 10.7. The molecule has 29 heavy (non-hydrogen) atoms. The molecule has 0 bridgehead atoms. The van der Waals surface area contributed by atoms with E-state index in [1.807, 2.05) is 19.9 Å². The molecule has 0 spiro atoms. The predicted octanol–water partition coefficient (Wildman–Crippen LogP) is 5.19. The van der Waals surface area contributed by atoms with Crippen molar-refractivity contribution < 1.29 is 9.18 Å². The number of rotatable bonds is 7. The highest BCUT2D eigenvalue weighted by atomic mass is 35.5. The molecule has 3 rings (SSSR count). The fourth-order valence-corrected chi connectivity index (χ4v) is 4.48. The second-order valence-electron chi connectivity index (χ2n) is 7.76. The minimum absolute atomic E-state index is 0.114. The number of hydrogen-bond donors (Lipinski definition) is 1. The van der Waals surface area contributed by atoms with Gasteiger partial charge in [0.15, 0.2) is 0 Å². The van der Waals surface area contributed by atoms with E-state index in [0.29, 0.717) is 29.8 Å². The molecule has 1 saturated carbocycles. The van der Waals surface area contributed by atoms with Crippen LogP contribution < -0.4 is 10.9 Å². The van der Waals surface area contributed by atoms with Crippen molar-refractivity contribution in [2.45, 2.75) is 65.5 Å². The summed E-state index contributed by atoms with van der Waals surface area (Å²) in [5.74, 6) is -0.290. The first-order valence-electron chi connectivity index (χ1n) is 10.4. The summed E-state index contributed by atoms with van der Waals surface area (Å²) >= 11 is 6.37. The number of nitrogens with zero attached hydrogens (tertiary/aromatic N) is 1. The van der Waals surface area contributed by atoms with E-state index in [1.54, 1.807) is 17.6 Å². The van der Waals surface area contributed by atoms with Gasteiger partial charge in [-0.05, 0) is 61.8 Å². The Morgan fingerprint density at radius 2 is 2.07 bits per heavy atom. The molecule has 6 heteroatoms. The van der Waals surface area contributed by atoms with Crippen LogP contribution in [0.15, 0.2) is 29.1 Å². The van der Waals surface area contributed by atoms with Crippen LogP contribution in [-0.2, 0) is 13.0 Å². The number of carbonyl (C=O) groups is 1. The maximum atomic E-state index is 13.8. The second kappa shape index (κ2) is 9.12. The molecule has 1 aromatic carbocycles. The van der Waals surface area contributed by atoms with Crippen molar-refractivity contribution in [1.82, 2.24) is 9.88 Å². The minimum atomic E-state index is -0.314. The predicted molar refractivity (Wildman–Crippen MR) is 114 cm³/mol. The third-order valence-electron chi connectivity index (χ3n) is 5.91. The van der Waals surface area contributed by atoms with Gasteiger partial charge in [0.2, 0.25) is 0 Å². The normalized spacial score (nSPS) is 15.1. The summed E-state index contributed by atoms with van der Waals surface area (Å²) in [6, 6.07) is 6.15. The molecule has 1 atom stereocenters. The van der Waals surface area contributed by atoms with Crippen molar-refractivity contribution >= 4 is 17.5 Å². The number of aromatic nitrogens is 1. The molecule has 0 saturated heterocycles. The Hall–Kier alpha value is -2.14. The zero-order valence-electron chi connectivity index (χ0n) is 17.2. The van der Waals surface area contributed by atoms with E-state index in [2.05, 4.69) is 5.32 Å². The summed E-state index contributed by atoms with van der Waals surface area (Å²) in [6.07, 6.45) is 4.35. The molecule has 1 N–H and O–H groups in total. The first-order chi connectivity index (χ1) is 13.9. The maximum Gasteiger partial charge on any atom is 0.269 e. The summed E-state index contributed by atoms with van der Waals surface area (Å²) in [4.78, 5) is 26.0. The lowest BCUT2D eigenvalue weighted by molar-refractivity contribution is 0.0897. The molecule has 0 aliphatic heterocycles. The van der Waals surface area contributed by atoms with E-state index in [-0.39, 0.29) is 34.3 Å². The van der Waals surface area contributed by atoms with Crippen LogP contribution in [0.4, 0.5) is 4.39 Å². The summed E-state index contributed by atoms with van der Waals surface area (Å²) in [7, 11) is 0. The lowest BCUT2D eigenvalue weighted by Gasteiger charge is -2.35. The Labute approximate surface area is 176 Å². The number of carbonyl (C=O) groups excluding carboxylic acids is 1. The number of hydrogen-bond acceptors (Lipinski definition) is 2. The van der Waals surface area contributed by atoms with Gasteiger partial charge < -0.3 is 9.88 Å². The van der Waals surface area contributed by atoms with Crippen molar-refractivity contribution in [3.8, 4) is 0 Å². The molecule has 1 aromatic heterocycles. The molecule has 1 aliphatic rings. The van der Waals surface area contributed by atoms with Crippen molar-refractivity contribution in [2.75, 3.05) is 0 Å². The first kappa shape index (κ1) is 21.6. The van der Waals surface area contributed by atoms with E-state index in [1.165, 1.54) is 12.1 Å². The number of nitrogens with one attached hydrogen (secondary N) is 1. The van der Waals surface area contributed by atoms with E-state index in [9.17, 15) is 14.0 Å². The van der Waals surface area contributed by atoms with Gasteiger partial charge in [-0.3, -0.25) is 9.59 Å². The second-order valence-corrected chi connectivity index (χ2v) is 8.14. The molecule has 156 valence electrons. The average molecular weight is 419 g/mol. The summed E-state index contributed by atoms with van der Waals surface area (Å²) < 4.78 is 15.4. The number of benzene rings is 1. The highest BCUT2D eigenvalue weighted by Gasteiger charge is 2.32. The van der Waals surface area contributed by atoms with Crippen LogP contribution in [0.1, 0.15) is 72.8 Å². The third kappa shape index (κ3) is 4.25. The Morgan fingerprint density at radius 1 is 1.34 bits per heavy atom. The quantitative estimate of drug-likeness (QED) is 0.672. The lowest BCUT2D eigenvalue weighted by atomic mass is 9.77. The molecule has 2 aromatic rings. The number of halogens is 2. The molecule has 0 radical (unpaired) electrons. The molecular formula is C23H28ClFN2O2. The average Bonchev–Trinajstić information content (AvgIpc) is 2.65. The number of amides is 1. The van der Waals surface area contributed by atoms with E-state index < -0.39 is 0 Å². The van der Waals surface area contributed by atoms with Gasteiger partial charge in [-0.2, -0.15) is 0 Å². The highest BCUT2D eigenvalue weighted by Crippen LogP contribution is 2.38. The van der Waals surface area contributed by atoms with E-state index in [4.69, 9.17) is 11.6 Å². The van der Waals surface area contributed by atoms with Crippen molar-refractivity contribution in [3.63, 3.8) is 0 Å². The van der Waals surface area contributed by atoms with Crippen LogP contribution in [0.2, 0.25) is 5.02 Å². The smallest absolute Gasteiger partial charge is 0.269 e. The largest absolute Gasteiger partial charge is 0.345 e. The van der Waals surface area contributed by atoms with Crippen LogP contribution in [0.25, 0.3) is 0 Å². The Kier molecular flexibility index (Phi) is 6.78. The Bertz CT molecular complexity index is 966. The molecule has 1 amide bonds. The molecule has 1 aliphatic carbocycles. The van der Waals surface area contributed by atoms with Gasteiger partial charge >= 0.3 is 0 Å². The van der Waals surface area contributed by atoms with E-state index in [0.717, 1.165) is 31.2 Å². The van der Waals surface area contributed by atoms with Crippen LogP contribution in [-0.4, -0.2) is 10.5 Å². The maximum absolute atomic E-state index is 13.8. The third-order valence-corrected chi connectivity index (χ3v) is 6.30. The summed E-state index contributed by atoms with van der Waals surface area (Å²) in [6.45, 7) is 6.16. The fourth-order valence-electron chi connectivity index (χ4n) is 4.15. The molecule has 1 fully saturated rings. The van der Waals surface area contributed by atoms with Gasteiger partial charge in [-0.25, -0.2) is 4.39 Å². The fraction of sp³-hybridized carbons (Fsp3) is 0.478.